The Labute approximate surface area is 135 Å². The molecule has 22 heavy (non-hydrogen) atoms. The third-order valence-corrected chi connectivity index (χ3v) is 3.69. The van der Waals surface area contributed by atoms with Crippen LogP contribution >= 0.6 is 0 Å². The molecule has 0 heterocycles. The highest BCUT2D eigenvalue weighted by atomic mass is 16.6. The molecule has 0 saturated carbocycles. The summed E-state index contributed by atoms with van der Waals surface area (Å²) >= 11 is 0. The number of hydrogen-bond donors (Lipinski definition) is 0. The minimum absolute atomic E-state index is 0.400. The van der Waals surface area contributed by atoms with E-state index in [1.165, 1.54) is 38.5 Å². The Morgan fingerprint density at radius 1 is 0.682 bits per heavy atom. The van der Waals surface area contributed by atoms with E-state index in [0.29, 0.717) is 13.2 Å². The van der Waals surface area contributed by atoms with Crippen LogP contribution < -0.4 is 0 Å². The van der Waals surface area contributed by atoms with Gasteiger partial charge in [0.05, 0.1) is 13.2 Å². The predicted molar refractivity (Wildman–Crippen MR) is 88.6 cm³/mol. The van der Waals surface area contributed by atoms with Crippen molar-refractivity contribution >= 4 is 11.9 Å². The van der Waals surface area contributed by atoms with Gasteiger partial charge >= 0.3 is 11.9 Å². The monoisotopic (exact) mass is 314 g/mol. The first-order chi connectivity index (χ1) is 10.6. The summed E-state index contributed by atoms with van der Waals surface area (Å²) in [5.74, 6) is -1.75. The van der Waals surface area contributed by atoms with Crippen LogP contribution in [0.1, 0.15) is 85.0 Å². The second-order valence-electron chi connectivity index (χ2n) is 5.89. The van der Waals surface area contributed by atoms with E-state index in [2.05, 4.69) is 13.8 Å². The quantitative estimate of drug-likeness (QED) is 0.266. The van der Waals surface area contributed by atoms with Crippen LogP contribution in [0.2, 0.25) is 0 Å². The minimum Gasteiger partial charge on any atom is -0.465 e. The number of esters is 2. The van der Waals surface area contributed by atoms with Crippen molar-refractivity contribution < 1.29 is 19.1 Å². The summed E-state index contributed by atoms with van der Waals surface area (Å²) in [6, 6.07) is 0. The molecule has 0 aliphatic carbocycles. The van der Waals surface area contributed by atoms with Gasteiger partial charge in [0.15, 0.2) is 5.92 Å². The molecule has 0 amide bonds. The van der Waals surface area contributed by atoms with Crippen LogP contribution in [0.15, 0.2) is 0 Å². The maximum atomic E-state index is 11.7. The van der Waals surface area contributed by atoms with Crippen LogP contribution in [0.5, 0.6) is 0 Å². The van der Waals surface area contributed by atoms with Crippen LogP contribution in [0.3, 0.4) is 0 Å². The van der Waals surface area contributed by atoms with E-state index >= 15 is 0 Å². The Balaban J connectivity index is 3.62. The van der Waals surface area contributed by atoms with Crippen molar-refractivity contribution in [3.8, 4) is 0 Å². The van der Waals surface area contributed by atoms with Crippen LogP contribution in [-0.4, -0.2) is 25.2 Å². The molecule has 4 nitrogen and oxygen atoms in total. The molecule has 4 heteroatoms. The fourth-order valence-corrected chi connectivity index (χ4v) is 2.10. The Hall–Kier alpha value is -1.06. The lowest BCUT2D eigenvalue weighted by Crippen LogP contribution is -2.26. The van der Waals surface area contributed by atoms with Crippen molar-refractivity contribution in [2.75, 3.05) is 13.2 Å². The number of hydrogen-bond acceptors (Lipinski definition) is 4. The van der Waals surface area contributed by atoms with Gasteiger partial charge in [-0.15, -0.1) is 0 Å². The van der Waals surface area contributed by atoms with E-state index in [9.17, 15) is 9.59 Å². The van der Waals surface area contributed by atoms with E-state index < -0.39 is 17.9 Å². The number of carbonyl (C=O) groups is 2. The van der Waals surface area contributed by atoms with Crippen molar-refractivity contribution in [3.05, 3.63) is 0 Å². The maximum absolute atomic E-state index is 11.7. The molecule has 0 atom stereocenters. The van der Waals surface area contributed by atoms with Gasteiger partial charge in [0.1, 0.15) is 0 Å². The topological polar surface area (TPSA) is 52.6 Å². The molecule has 0 aliphatic heterocycles. The van der Waals surface area contributed by atoms with Crippen LogP contribution in [0.4, 0.5) is 0 Å². The molecular formula is C18H34O4. The normalized spacial score (nSPS) is 10.7. The Bertz CT molecular complexity index is 261. The molecular weight excluding hydrogens is 280 g/mol. The second kappa shape index (κ2) is 14.9. The molecule has 0 unspecified atom stereocenters. The van der Waals surface area contributed by atoms with Gasteiger partial charge in [-0.3, -0.25) is 9.59 Å². The third kappa shape index (κ3) is 11.6. The molecule has 0 fully saturated rings. The van der Waals surface area contributed by atoms with E-state index in [1.54, 1.807) is 6.92 Å². The van der Waals surface area contributed by atoms with Crippen LogP contribution in [-0.2, 0) is 19.1 Å². The Morgan fingerprint density at radius 3 is 1.41 bits per heavy atom. The van der Waals surface area contributed by atoms with E-state index in [-0.39, 0.29) is 0 Å². The fourth-order valence-electron chi connectivity index (χ4n) is 2.10. The molecule has 0 aromatic carbocycles. The lowest BCUT2D eigenvalue weighted by Gasteiger charge is -2.11. The van der Waals surface area contributed by atoms with E-state index in [0.717, 1.165) is 25.7 Å². The van der Waals surface area contributed by atoms with E-state index in [4.69, 9.17) is 9.47 Å². The van der Waals surface area contributed by atoms with Crippen molar-refractivity contribution in [3.63, 3.8) is 0 Å². The average molecular weight is 314 g/mol. The molecule has 0 spiro atoms. The van der Waals surface area contributed by atoms with E-state index in [1.807, 2.05) is 0 Å². The first-order valence-electron chi connectivity index (χ1n) is 8.96. The molecule has 0 radical (unpaired) electrons. The number of unbranched alkanes of at least 4 members (excludes halogenated alkanes) is 8. The van der Waals surface area contributed by atoms with Gasteiger partial charge in [-0.25, -0.2) is 0 Å². The highest BCUT2D eigenvalue weighted by Gasteiger charge is 2.24. The SMILES string of the molecule is CCCCCCCOC(=O)C(C)C(=O)OCCCCCCC. The second-order valence-corrected chi connectivity index (χ2v) is 5.89. The maximum Gasteiger partial charge on any atom is 0.320 e. The summed E-state index contributed by atoms with van der Waals surface area (Å²) < 4.78 is 10.2. The average Bonchev–Trinajstić information content (AvgIpc) is 2.52. The Morgan fingerprint density at radius 2 is 1.05 bits per heavy atom. The summed E-state index contributed by atoms with van der Waals surface area (Å²) in [5.41, 5.74) is 0. The summed E-state index contributed by atoms with van der Waals surface area (Å²) in [6.45, 7) is 6.68. The van der Waals surface area contributed by atoms with Gasteiger partial charge < -0.3 is 9.47 Å². The summed E-state index contributed by atoms with van der Waals surface area (Å²) in [6.07, 6.45) is 11.0. The summed E-state index contributed by atoms with van der Waals surface area (Å²) in [7, 11) is 0. The zero-order chi connectivity index (χ0) is 16.6. The van der Waals surface area contributed by atoms with Gasteiger partial charge in [0.25, 0.3) is 0 Å². The van der Waals surface area contributed by atoms with Gasteiger partial charge in [0.2, 0.25) is 0 Å². The molecule has 0 rings (SSSR count). The zero-order valence-electron chi connectivity index (χ0n) is 14.7. The number of carbonyl (C=O) groups excluding carboxylic acids is 2. The first-order valence-corrected chi connectivity index (χ1v) is 8.96. The van der Waals surface area contributed by atoms with Crippen LogP contribution in [0.25, 0.3) is 0 Å². The number of ether oxygens (including phenoxy) is 2. The number of rotatable bonds is 14. The van der Waals surface area contributed by atoms with Crippen molar-refractivity contribution in [2.24, 2.45) is 5.92 Å². The first kappa shape index (κ1) is 20.9. The highest BCUT2D eigenvalue weighted by molar-refractivity contribution is 5.94. The van der Waals surface area contributed by atoms with Gasteiger partial charge in [-0.1, -0.05) is 65.2 Å². The molecule has 130 valence electrons. The van der Waals surface area contributed by atoms with Gasteiger partial charge in [0, 0.05) is 0 Å². The summed E-state index contributed by atoms with van der Waals surface area (Å²) in [4.78, 5) is 23.4. The largest absolute Gasteiger partial charge is 0.465 e. The van der Waals surface area contributed by atoms with Crippen molar-refractivity contribution in [2.45, 2.75) is 85.0 Å². The fraction of sp³-hybridized carbons (Fsp3) is 0.889. The smallest absolute Gasteiger partial charge is 0.320 e. The molecule has 0 aliphatic rings. The molecule has 0 aromatic rings. The van der Waals surface area contributed by atoms with Crippen molar-refractivity contribution in [1.82, 2.24) is 0 Å². The third-order valence-electron chi connectivity index (χ3n) is 3.69. The predicted octanol–water partition coefficient (Wildman–Crippen LogP) is 4.65. The molecule has 0 saturated heterocycles. The van der Waals surface area contributed by atoms with Gasteiger partial charge in [-0.05, 0) is 19.8 Å². The minimum atomic E-state index is -0.814. The summed E-state index contributed by atoms with van der Waals surface area (Å²) in [5, 5.41) is 0. The lowest BCUT2D eigenvalue weighted by molar-refractivity contribution is -0.161. The van der Waals surface area contributed by atoms with Gasteiger partial charge in [-0.2, -0.15) is 0 Å². The standard InChI is InChI=1S/C18H34O4/c1-4-6-8-10-12-14-21-17(19)16(3)18(20)22-15-13-11-9-7-5-2/h16H,4-15H2,1-3H3. The lowest BCUT2D eigenvalue weighted by atomic mass is 10.1. The van der Waals surface area contributed by atoms with Crippen molar-refractivity contribution in [1.29, 1.82) is 0 Å². The zero-order valence-corrected chi connectivity index (χ0v) is 14.7. The Kier molecular flexibility index (Phi) is 14.1. The van der Waals surface area contributed by atoms with Crippen LogP contribution in [0, 0.1) is 5.92 Å². The molecule has 0 bridgehead atoms. The molecule has 0 N–H and O–H groups in total. The molecule has 0 aromatic heterocycles. The highest BCUT2D eigenvalue weighted by Crippen LogP contribution is 2.07.